The molecule has 6 nitrogen and oxygen atoms in total. The summed E-state index contributed by atoms with van der Waals surface area (Å²) in [5.74, 6) is -0.302. The molecule has 0 radical (unpaired) electrons. The van der Waals surface area contributed by atoms with Gasteiger partial charge < -0.3 is 10.2 Å². The van der Waals surface area contributed by atoms with Gasteiger partial charge in [0.25, 0.3) is 0 Å². The average molecular weight is 455 g/mol. The fourth-order valence-corrected chi connectivity index (χ4v) is 3.39. The van der Waals surface area contributed by atoms with Crippen LogP contribution in [0.2, 0.25) is 0 Å². The van der Waals surface area contributed by atoms with Crippen molar-refractivity contribution in [2.45, 2.75) is 19.8 Å². The second-order valence-electron chi connectivity index (χ2n) is 6.89. The number of halogens is 1. The molecule has 0 atom stereocenters. The zero-order chi connectivity index (χ0) is 20.8. The zero-order valence-corrected chi connectivity index (χ0v) is 18.0. The molecule has 0 aliphatic heterocycles. The second kappa shape index (κ2) is 9.52. The maximum Gasteiger partial charge on any atom is 0.243 e. The van der Waals surface area contributed by atoms with Crippen molar-refractivity contribution in [2.24, 2.45) is 0 Å². The van der Waals surface area contributed by atoms with E-state index < -0.39 is 0 Å². The number of nitrogens with one attached hydrogen (secondary N) is 1. The number of aryl methyl sites for hydroxylation is 2. The van der Waals surface area contributed by atoms with Crippen molar-refractivity contribution in [1.29, 1.82) is 0 Å². The fraction of sp³-hybridized carbons (Fsp3) is 0.227. The summed E-state index contributed by atoms with van der Waals surface area (Å²) in [5, 5.41) is 7.19. The van der Waals surface area contributed by atoms with E-state index in [0.717, 1.165) is 27.0 Å². The molecule has 0 saturated carbocycles. The van der Waals surface area contributed by atoms with Crippen molar-refractivity contribution in [3.8, 4) is 5.69 Å². The molecule has 2 aromatic carbocycles. The highest BCUT2D eigenvalue weighted by molar-refractivity contribution is 9.10. The van der Waals surface area contributed by atoms with E-state index in [9.17, 15) is 9.59 Å². The Kier molecular flexibility index (Phi) is 6.82. The van der Waals surface area contributed by atoms with Gasteiger partial charge in [-0.1, -0.05) is 34.1 Å². The highest BCUT2D eigenvalue weighted by Gasteiger charge is 2.14. The normalized spacial score (nSPS) is 10.6. The van der Waals surface area contributed by atoms with E-state index in [4.69, 9.17) is 0 Å². The lowest BCUT2D eigenvalue weighted by Crippen LogP contribution is -2.35. The van der Waals surface area contributed by atoms with Gasteiger partial charge in [-0.25, -0.2) is 4.68 Å². The van der Waals surface area contributed by atoms with Crippen LogP contribution in [0.25, 0.3) is 5.69 Å². The maximum absolute atomic E-state index is 12.4. The van der Waals surface area contributed by atoms with E-state index in [0.29, 0.717) is 12.8 Å². The zero-order valence-electron chi connectivity index (χ0n) is 16.4. The largest absolute Gasteiger partial charge is 0.336 e. The third kappa shape index (κ3) is 5.77. The van der Waals surface area contributed by atoms with Crippen molar-refractivity contribution in [1.82, 2.24) is 14.7 Å². The highest BCUT2D eigenvalue weighted by atomic mass is 79.9. The number of carbonyl (C=O) groups excluding carboxylic acids is 2. The second-order valence-corrected chi connectivity index (χ2v) is 7.80. The average Bonchev–Trinajstić information content (AvgIpc) is 3.18. The molecule has 7 heteroatoms. The van der Waals surface area contributed by atoms with Crippen molar-refractivity contribution < 1.29 is 9.59 Å². The fourth-order valence-electron chi connectivity index (χ4n) is 2.91. The van der Waals surface area contributed by atoms with Gasteiger partial charge in [0.1, 0.15) is 0 Å². The minimum absolute atomic E-state index is 0.0115. The molecule has 0 saturated heterocycles. The summed E-state index contributed by atoms with van der Waals surface area (Å²) in [7, 11) is 1.64. The van der Waals surface area contributed by atoms with Crippen LogP contribution >= 0.6 is 15.9 Å². The molecule has 0 aliphatic carbocycles. The van der Waals surface area contributed by atoms with Crippen LogP contribution in [-0.4, -0.2) is 40.1 Å². The van der Waals surface area contributed by atoms with Gasteiger partial charge in [0.2, 0.25) is 11.8 Å². The van der Waals surface area contributed by atoms with Gasteiger partial charge in [-0.2, -0.15) is 5.10 Å². The monoisotopic (exact) mass is 454 g/mol. The van der Waals surface area contributed by atoms with Crippen LogP contribution in [0.3, 0.4) is 0 Å². The Labute approximate surface area is 178 Å². The van der Waals surface area contributed by atoms with Crippen LogP contribution in [0.15, 0.2) is 65.4 Å². The summed E-state index contributed by atoms with van der Waals surface area (Å²) in [6.45, 7) is 1.93. The lowest BCUT2D eigenvalue weighted by atomic mass is 10.2. The van der Waals surface area contributed by atoms with E-state index in [-0.39, 0.29) is 18.4 Å². The Hall–Kier alpha value is -2.93. The number of hydrogen-bond donors (Lipinski definition) is 1. The van der Waals surface area contributed by atoms with E-state index >= 15 is 0 Å². The number of anilines is 1. The summed E-state index contributed by atoms with van der Waals surface area (Å²) in [4.78, 5) is 26.1. The number of likely N-dealkylation sites (N-methyl/N-ethyl adjacent to an activating group) is 1. The number of hydrogen-bond acceptors (Lipinski definition) is 3. The molecule has 150 valence electrons. The maximum atomic E-state index is 12.4. The molecule has 3 rings (SSSR count). The minimum Gasteiger partial charge on any atom is -0.336 e. The van der Waals surface area contributed by atoms with Crippen molar-refractivity contribution in [3.63, 3.8) is 0 Å². The van der Waals surface area contributed by atoms with Crippen molar-refractivity contribution in [3.05, 3.63) is 76.5 Å². The first kappa shape index (κ1) is 20.8. The lowest BCUT2D eigenvalue weighted by Gasteiger charge is -2.17. The Balaban J connectivity index is 1.49. The van der Waals surface area contributed by atoms with Crippen LogP contribution in [0, 0.1) is 6.92 Å². The highest BCUT2D eigenvalue weighted by Crippen LogP contribution is 2.20. The topological polar surface area (TPSA) is 67.2 Å². The van der Waals surface area contributed by atoms with Gasteiger partial charge in [0.15, 0.2) is 0 Å². The quantitative estimate of drug-likeness (QED) is 0.586. The summed E-state index contributed by atoms with van der Waals surface area (Å²) in [6.07, 6.45) is 4.58. The van der Waals surface area contributed by atoms with E-state index in [1.807, 2.05) is 61.7 Å². The summed E-state index contributed by atoms with van der Waals surface area (Å²) < 4.78 is 2.74. The predicted octanol–water partition coefficient (Wildman–Crippen LogP) is 3.97. The number of carbonyl (C=O) groups is 2. The first-order valence-corrected chi connectivity index (χ1v) is 10.1. The van der Waals surface area contributed by atoms with Gasteiger partial charge in [-0.3, -0.25) is 9.59 Å². The van der Waals surface area contributed by atoms with Crippen LogP contribution in [-0.2, 0) is 16.0 Å². The Morgan fingerprint density at radius 2 is 1.93 bits per heavy atom. The third-order valence-electron chi connectivity index (χ3n) is 4.55. The predicted molar refractivity (Wildman–Crippen MR) is 117 cm³/mol. The summed E-state index contributed by atoms with van der Waals surface area (Å²) >= 11 is 3.40. The standard InChI is InChI=1S/C22H23BrN4O2/c1-16-12-18(23)9-10-20(16)25-21(28)15-26(2)22(29)11-8-17-13-24-27(14-17)19-6-4-3-5-7-19/h3-7,9-10,12-14H,8,11,15H2,1-2H3,(H,25,28). The van der Waals surface area contributed by atoms with Crippen LogP contribution in [0.5, 0.6) is 0 Å². The molecule has 1 N–H and O–H groups in total. The molecular formula is C22H23BrN4O2. The number of para-hydroxylation sites is 1. The van der Waals surface area contributed by atoms with Crippen LogP contribution in [0.4, 0.5) is 5.69 Å². The number of rotatable bonds is 7. The summed E-state index contributed by atoms with van der Waals surface area (Å²) in [5.41, 5.74) is 3.65. The van der Waals surface area contributed by atoms with Crippen LogP contribution < -0.4 is 5.32 Å². The molecule has 2 amide bonds. The van der Waals surface area contributed by atoms with Gasteiger partial charge in [0.05, 0.1) is 18.4 Å². The van der Waals surface area contributed by atoms with Crippen molar-refractivity contribution >= 4 is 33.4 Å². The van der Waals surface area contributed by atoms with E-state index in [1.54, 1.807) is 17.9 Å². The molecule has 0 unspecified atom stereocenters. The molecule has 1 aromatic heterocycles. The molecular weight excluding hydrogens is 432 g/mol. The number of nitrogens with zero attached hydrogens (tertiary/aromatic N) is 3. The van der Waals surface area contributed by atoms with E-state index in [2.05, 4.69) is 26.3 Å². The van der Waals surface area contributed by atoms with E-state index in [1.165, 1.54) is 4.90 Å². The number of aromatic nitrogens is 2. The third-order valence-corrected chi connectivity index (χ3v) is 5.05. The minimum atomic E-state index is -0.219. The molecule has 0 bridgehead atoms. The molecule has 0 fully saturated rings. The smallest absolute Gasteiger partial charge is 0.243 e. The molecule has 29 heavy (non-hydrogen) atoms. The SMILES string of the molecule is Cc1cc(Br)ccc1NC(=O)CN(C)C(=O)CCc1cnn(-c2ccccc2)c1. The lowest BCUT2D eigenvalue weighted by molar-refractivity contribution is -0.133. The Bertz CT molecular complexity index is 1000. The Morgan fingerprint density at radius 3 is 2.66 bits per heavy atom. The summed E-state index contributed by atoms with van der Waals surface area (Å²) in [6, 6.07) is 15.4. The molecule has 0 spiro atoms. The van der Waals surface area contributed by atoms with Gasteiger partial charge >= 0.3 is 0 Å². The van der Waals surface area contributed by atoms with Gasteiger partial charge in [-0.05, 0) is 54.8 Å². The van der Waals surface area contributed by atoms with Crippen LogP contribution in [0.1, 0.15) is 17.5 Å². The Morgan fingerprint density at radius 1 is 1.17 bits per heavy atom. The number of benzene rings is 2. The molecule has 3 aromatic rings. The van der Waals surface area contributed by atoms with Crippen molar-refractivity contribution in [2.75, 3.05) is 18.9 Å². The first-order valence-electron chi connectivity index (χ1n) is 9.31. The van der Waals surface area contributed by atoms with Gasteiger partial charge in [0, 0.05) is 29.8 Å². The first-order chi connectivity index (χ1) is 13.9. The van der Waals surface area contributed by atoms with Gasteiger partial charge in [-0.15, -0.1) is 0 Å². The molecule has 1 heterocycles. The molecule has 0 aliphatic rings. The number of amides is 2.